The van der Waals surface area contributed by atoms with Crippen LogP contribution in [0.3, 0.4) is 0 Å². The summed E-state index contributed by atoms with van der Waals surface area (Å²) >= 11 is 4.84. The molecule has 2 aromatic carbocycles. The van der Waals surface area contributed by atoms with Gasteiger partial charge in [-0.15, -0.1) is 0 Å². The average Bonchev–Trinajstić information content (AvgIpc) is 2.95. The normalized spacial score (nSPS) is 11.0. The highest BCUT2D eigenvalue weighted by atomic mass is 79.9. The Morgan fingerprint density at radius 3 is 2.74 bits per heavy atom. The maximum absolute atomic E-state index is 12.3. The van der Waals surface area contributed by atoms with Crippen LogP contribution in [0, 0.1) is 0 Å². The molecule has 0 bridgehead atoms. The number of halogens is 1. The van der Waals surface area contributed by atoms with Gasteiger partial charge < -0.3 is 0 Å². The molecule has 1 N–H and O–H groups in total. The summed E-state index contributed by atoms with van der Waals surface area (Å²) in [5.41, 5.74) is 2.56. The van der Waals surface area contributed by atoms with E-state index in [9.17, 15) is 4.79 Å². The molecule has 112 valence electrons. The maximum atomic E-state index is 12.3. The number of nitrogens with one attached hydrogen (secondary N) is 1. The van der Waals surface area contributed by atoms with Crippen LogP contribution in [0.15, 0.2) is 53.1 Å². The molecule has 0 fully saturated rings. The van der Waals surface area contributed by atoms with Gasteiger partial charge in [-0.05, 0) is 30.3 Å². The molecule has 0 aliphatic rings. The Morgan fingerprint density at radius 2 is 1.87 bits per heavy atom. The zero-order chi connectivity index (χ0) is 15.8. The summed E-state index contributed by atoms with van der Waals surface area (Å²) in [7, 11) is 0. The van der Waals surface area contributed by atoms with Crippen molar-refractivity contribution in [2.75, 3.05) is 5.32 Å². The molecule has 2 heterocycles. The summed E-state index contributed by atoms with van der Waals surface area (Å²) in [5, 5.41) is 3.32. The predicted molar refractivity (Wildman–Crippen MR) is 94.8 cm³/mol. The molecule has 1 amide bonds. The Kier molecular flexibility index (Phi) is 3.51. The van der Waals surface area contributed by atoms with E-state index in [0.717, 1.165) is 20.2 Å². The van der Waals surface area contributed by atoms with Gasteiger partial charge in [-0.3, -0.25) is 15.1 Å². The van der Waals surface area contributed by atoms with Gasteiger partial charge in [-0.1, -0.05) is 39.4 Å². The molecule has 4 rings (SSSR count). The first-order valence-corrected chi connectivity index (χ1v) is 8.39. The first kappa shape index (κ1) is 14.2. The predicted octanol–water partition coefficient (Wildman–Crippen LogP) is 4.25. The van der Waals surface area contributed by atoms with Crippen molar-refractivity contribution >= 4 is 59.6 Å². The molecule has 0 saturated heterocycles. The lowest BCUT2D eigenvalue weighted by molar-refractivity contribution is 0.102. The minimum atomic E-state index is -0.318. The standard InChI is InChI=1S/C16H9BrN4OS/c17-9-5-6-12-14(7-9)23-16(20-12)21-15(22)13-8-18-10-3-1-2-4-11(10)19-13/h1-8H,(H,20,21,22). The number of fused-ring (bicyclic) bond motifs is 2. The van der Waals surface area contributed by atoms with Crippen molar-refractivity contribution in [1.29, 1.82) is 0 Å². The van der Waals surface area contributed by atoms with Crippen LogP contribution >= 0.6 is 27.3 Å². The zero-order valence-corrected chi connectivity index (χ0v) is 14.1. The van der Waals surface area contributed by atoms with Crippen molar-refractivity contribution in [3.63, 3.8) is 0 Å². The number of carbonyl (C=O) groups excluding carboxylic acids is 1. The lowest BCUT2D eigenvalue weighted by atomic mass is 10.3. The van der Waals surface area contributed by atoms with Crippen molar-refractivity contribution in [1.82, 2.24) is 15.0 Å². The Bertz CT molecular complexity index is 1050. The highest BCUT2D eigenvalue weighted by molar-refractivity contribution is 9.10. The van der Waals surface area contributed by atoms with E-state index in [1.807, 2.05) is 42.5 Å². The van der Waals surface area contributed by atoms with Gasteiger partial charge in [0.25, 0.3) is 5.91 Å². The molecule has 4 aromatic rings. The fraction of sp³-hybridized carbons (Fsp3) is 0. The van der Waals surface area contributed by atoms with Crippen LogP contribution in [0.5, 0.6) is 0 Å². The highest BCUT2D eigenvalue weighted by Crippen LogP contribution is 2.28. The number of benzene rings is 2. The van der Waals surface area contributed by atoms with E-state index < -0.39 is 0 Å². The Hall–Kier alpha value is -2.38. The van der Waals surface area contributed by atoms with Crippen molar-refractivity contribution in [2.24, 2.45) is 0 Å². The Morgan fingerprint density at radius 1 is 1.04 bits per heavy atom. The fourth-order valence-electron chi connectivity index (χ4n) is 2.18. The second-order valence-corrected chi connectivity index (χ2v) is 6.78. The summed E-state index contributed by atoms with van der Waals surface area (Å²) < 4.78 is 1.98. The van der Waals surface area contributed by atoms with E-state index in [1.54, 1.807) is 0 Å². The number of aromatic nitrogens is 3. The number of hydrogen-bond acceptors (Lipinski definition) is 5. The molecule has 2 aromatic heterocycles. The van der Waals surface area contributed by atoms with Gasteiger partial charge in [0, 0.05) is 4.47 Å². The van der Waals surface area contributed by atoms with Gasteiger partial charge in [-0.2, -0.15) is 0 Å². The third-order valence-corrected chi connectivity index (χ3v) is 4.68. The van der Waals surface area contributed by atoms with Crippen LogP contribution < -0.4 is 5.32 Å². The van der Waals surface area contributed by atoms with E-state index in [-0.39, 0.29) is 11.6 Å². The van der Waals surface area contributed by atoms with Crippen LogP contribution in [0.4, 0.5) is 5.13 Å². The molecule has 5 nitrogen and oxygen atoms in total. The van der Waals surface area contributed by atoms with Crippen molar-refractivity contribution in [3.8, 4) is 0 Å². The molecule has 0 radical (unpaired) electrons. The van der Waals surface area contributed by atoms with Crippen LogP contribution in [-0.4, -0.2) is 20.9 Å². The summed E-state index contributed by atoms with van der Waals surface area (Å²) in [5.74, 6) is -0.318. The van der Waals surface area contributed by atoms with Gasteiger partial charge in [0.2, 0.25) is 0 Å². The summed E-state index contributed by atoms with van der Waals surface area (Å²) in [6, 6.07) is 13.2. The molecule has 23 heavy (non-hydrogen) atoms. The molecule has 7 heteroatoms. The minimum Gasteiger partial charge on any atom is -0.296 e. The monoisotopic (exact) mass is 384 g/mol. The second kappa shape index (κ2) is 5.68. The van der Waals surface area contributed by atoms with Crippen LogP contribution in [0.1, 0.15) is 10.5 Å². The third kappa shape index (κ3) is 2.80. The van der Waals surface area contributed by atoms with E-state index in [2.05, 4.69) is 36.2 Å². The molecular weight excluding hydrogens is 376 g/mol. The largest absolute Gasteiger partial charge is 0.296 e. The lowest BCUT2D eigenvalue weighted by Crippen LogP contribution is -2.13. The molecule has 0 aliphatic carbocycles. The zero-order valence-electron chi connectivity index (χ0n) is 11.7. The van der Waals surface area contributed by atoms with Crippen molar-refractivity contribution in [2.45, 2.75) is 0 Å². The number of rotatable bonds is 2. The number of hydrogen-bond donors (Lipinski definition) is 1. The first-order valence-electron chi connectivity index (χ1n) is 6.78. The summed E-state index contributed by atoms with van der Waals surface area (Å²) in [6.07, 6.45) is 1.47. The molecular formula is C16H9BrN4OS. The number of carbonyl (C=O) groups is 1. The lowest BCUT2D eigenvalue weighted by Gasteiger charge is -2.02. The quantitative estimate of drug-likeness (QED) is 0.560. The third-order valence-electron chi connectivity index (χ3n) is 3.25. The Labute approximate surface area is 143 Å². The smallest absolute Gasteiger partial charge is 0.277 e. The fourth-order valence-corrected chi connectivity index (χ4v) is 3.59. The number of nitrogens with zero attached hydrogens (tertiary/aromatic N) is 3. The van der Waals surface area contributed by atoms with Crippen molar-refractivity contribution in [3.05, 3.63) is 58.8 Å². The molecule has 0 saturated carbocycles. The van der Waals surface area contributed by atoms with Crippen molar-refractivity contribution < 1.29 is 4.79 Å². The number of amides is 1. The summed E-state index contributed by atoms with van der Waals surface area (Å²) in [6.45, 7) is 0. The number of anilines is 1. The van der Waals surface area contributed by atoms with E-state index in [0.29, 0.717) is 10.6 Å². The van der Waals surface area contributed by atoms with Crippen LogP contribution in [0.25, 0.3) is 21.3 Å². The van der Waals surface area contributed by atoms with E-state index in [4.69, 9.17) is 0 Å². The minimum absolute atomic E-state index is 0.268. The maximum Gasteiger partial charge on any atom is 0.277 e. The van der Waals surface area contributed by atoms with Crippen LogP contribution in [-0.2, 0) is 0 Å². The molecule has 0 spiro atoms. The number of thiazole rings is 1. The first-order chi connectivity index (χ1) is 11.2. The second-order valence-electron chi connectivity index (χ2n) is 4.83. The molecule has 0 atom stereocenters. The molecule has 0 unspecified atom stereocenters. The molecule has 0 aliphatic heterocycles. The highest BCUT2D eigenvalue weighted by Gasteiger charge is 2.12. The van der Waals surface area contributed by atoms with E-state index >= 15 is 0 Å². The van der Waals surface area contributed by atoms with Gasteiger partial charge in [-0.25, -0.2) is 9.97 Å². The van der Waals surface area contributed by atoms with Crippen LogP contribution in [0.2, 0.25) is 0 Å². The van der Waals surface area contributed by atoms with Gasteiger partial charge in [0.15, 0.2) is 5.13 Å². The Balaban J connectivity index is 1.64. The topological polar surface area (TPSA) is 67.8 Å². The summed E-state index contributed by atoms with van der Waals surface area (Å²) in [4.78, 5) is 25.3. The average molecular weight is 385 g/mol. The van der Waals surface area contributed by atoms with E-state index in [1.165, 1.54) is 17.5 Å². The van der Waals surface area contributed by atoms with Gasteiger partial charge in [0.05, 0.1) is 27.4 Å². The van der Waals surface area contributed by atoms with Gasteiger partial charge in [0.1, 0.15) is 5.69 Å². The SMILES string of the molecule is O=C(Nc1nc2ccc(Br)cc2s1)c1cnc2ccccc2n1. The van der Waals surface area contributed by atoms with Gasteiger partial charge >= 0.3 is 0 Å². The number of para-hydroxylation sites is 2.